The standard InChI is InChI=1S/C32H36N2O2/c1-31(2,3)25-17-11-23(12-18-25)15-21-29(35)33-27-9-7-8-10-28(27)34-30(36)22-16-24-13-19-26(20-14-24)32(4,5)6/h7-22H,1-6H3,(H,33,35)(H,34,36). The van der Waals surface area contributed by atoms with Crippen molar-refractivity contribution < 1.29 is 9.59 Å². The van der Waals surface area contributed by atoms with Crippen LogP contribution in [0.1, 0.15) is 63.8 Å². The Morgan fingerprint density at radius 2 is 0.889 bits per heavy atom. The molecule has 0 fully saturated rings. The first-order valence-electron chi connectivity index (χ1n) is 12.2. The van der Waals surface area contributed by atoms with Crippen LogP contribution in [0.2, 0.25) is 0 Å². The largest absolute Gasteiger partial charge is 0.321 e. The molecule has 0 unspecified atom stereocenters. The zero-order valence-electron chi connectivity index (χ0n) is 22.1. The molecule has 0 aliphatic rings. The summed E-state index contributed by atoms with van der Waals surface area (Å²) in [6.07, 6.45) is 6.53. The summed E-state index contributed by atoms with van der Waals surface area (Å²) in [5.41, 5.74) is 5.60. The fourth-order valence-corrected chi connectivity index (χ4v) is 3.58. The van der Waals surface area contributed by atoms with E-state index in [2.05, 4.69) is 76.4 Å². The quantitative estimate of drug-likeness (QED) is 0.357. The van der Waals surface area contributed by atoms with Gasteiger partial charge < -0.3 is 10.6 Å². The summed E-state index contributed by atoms with van der Waals surface area (Å²) in [5.74, 6) is -0.544. The van der Waals surface area contributed by atoms with Crippen molar-refractivity contribution in [1.29, 1.82) is 0 Å². The Labute approximate surface area is 215 Å². The Morgan fingerprint density at radius 3 is 1.19 bits per heavy atom. The summed E-state index contributed by atoms with van der Waals surface area (Å²) in [5, 5.41) is 5.70. The molecule has 0 spiro atoms. The average molecular weight is 481 g/mol. The van der Waals surface area contributed by atoms with Gasteiger partial charge in [-0.05, 0) is 57.4 Å². The molecule has 0 atom stereocenters. The van der Waals surface area contributed by atoms with Gasteiger partial charge in [0.25, 0.3) is 0 Å². The van der Waals surface area contributed by atoms with Crippen molar-refractivity contribution >= 4 is 35.3 Å². The third-order valence-electron chi connectivity index (χ3n) is 5.85. The summed E-state index contributed by atoms with van der Waals surface area (Å²) < 4.78 is 0. The molecule has 4 nitrogen and oxygen atoms in total. The highest BCUT2D eigenvalue weighted by Crippen LogP contribution is 2.24. The molecule has 3 aromatic carbocycles. The van der Waals surface area contributed by atoms with E-state index in [0.29, 0.717) is 11.4 Å². The minimum Gasteiger partial charge on any atom is -0.321 e. The number of para-hydroxylation sites is 2. The lowest BCUT2D eigenvalue weighted by Crippen LogP contribution is -2.13. The van der Waals surface area contributed by atoms with Crippen LogP contribution in [0.5, 0.6) is 0 Å². The summed E-state index contributed by atoms with van der Waals surface area (Å²) in [6, 6.07) is 23.5. The number of carbonyl (C=O) groups excluding carboxylic acids is 2. The maximum absolute atomic E-state index is 12.5. The number of benzene rings is 3. The van der Waals surface area contributed by atoms with E-state index in [0.717, 1.165) is 11.1 Å². The molecular weight excluding hydrogens is 444 g/mol. The van der Waals surface area contributed by atoms with E-state index < -0.39 is 0 Å². The molecule has 0 saturated heterocycles. The molecule has 0 heterocycles. The maximum Gasteiger partial charge on any atom is 0.248 e. The van der Waals surface area contributed by atoms with E-state index in [1.54, 1.807) is 24.3 Å². The average Bonchev–Trinajstić information content (AvgIpc) is 2.82. The van der Waals surface area contributed by atoms with Crippen LogP contribution in [0.3, 0.4) is 0 Å². The first kappa shape index (κ1) is 26.7. The second kappa shape index (κ2) is 11.2. The van der Waals surface area contributed by atoms with Crippen LogP contribution in [0.4, 0.5) is 11.4 Å². The Balaban J connectivity index is 1.61. The van der Waals surface area contributed by atoms with Gasteiger partial charge in [0.15, 0.2) is 0 Å². The number of rotatable bonds is 6. The van der Waals surface area contributed by atoms with E-state index in [9.17, 15) is 9.59 Å². The smallest absolute Gasteiger partial charge is 0.248 e. The summed E-state index contributed by atoms with van der Waals surface area (Å²) in [4.78, 5) is 25.1. The number of nitrogens with one attached hydrogen (secondary N) is 2. The fraction of sp³-hybridized carbons (Fsp3) is 0.250. The minimum absolute atomic E-state index is 0.0832. The van der Waals surface area contributed by atoms with Crippen molar-refractivity contribution in [2.24, 2.45) is 0 Å². The van der Waals surface area contributed by atoms with Gasteiger partial charge in [0, 0.05) is 12.2 Å². The van der Waals surface area contributed by atoms with Gasteiger partial charge in [-0.3, -0.25) is 9.59 Å². The van der Waals surface area contributed by atoms with Crippen LogP contribution in [0, 0.1) is 0 Å². The highest BCUT2D eigenvalue weighted by Gasteiger charge is 2.13. The van der Waals surface area contributed by atoms with Gasteiger partial charge in [0.1, 0.15) is 0 Å². The lowest BCUT2D eigenvalue weighted by Gasteiger charge is -2.18. The van der Waals surface area contributed by atoms with E-state index in [1.807, 2.05) is 36.4 Å². The van der Waals surface area contributed by atoms with Crippen molar-refractivity contribution in [3.8, 4) is 0 Å². The zero-order valence-corrected chi connectivity index (χ0v) is 22.1. The van der Waals surface area contributed by atoms with Gasteiger partial charge >= 0.3 is 0 Å². The number of anilines is 2. The number of hydrogen-bond acceptors (Lipinski definition) is 2. The van der Waals surface area contributed by atoms with Gasteiger partial charge in [-0.1, -0.05) is 102 Å². The molecule has 2 amide bonds. The van der Waals surface area contributed by atoms with E-state index in [1.165, 1.54) is 23.3 Å². The minimum atomic E-state index is -0.272. The van der Waals surface area contributed by atoms with Gasteiger partial charge in [-0.2, -0.15) is 0 Å². The molecule has 0 radical (unpaired) electrons. The third-order valence-corrected chi connectivity index (χ3v) is 5.85. The van der Waals surface area contributed by atoms with Crippen molar-refractivity contribution in [1.82, 2.24) is 0 Å². The highest BCUT2D eigenvalue weighted by molar-refractivity contribution is 6.08. The van der Waals surface area contributed by atoms with E-state index >= 15 is 0 Å². The second-order valence-corrected chi connectivity index (χ2v) is 10.9. The Morgan fingerprint density at radius 1 is 0.556 bits per heavy atom. The Hall–Kier alpha value is -3.92. The van der Waals surface area contributed by atoms with Gasteiger partial charge in [0.2, 0.25) is 11.8 Å². The van der Waals surface area contributed by atoms with Crippen LogP contribution in [-0.4, -0.2) is 11.8 Å². The molecule has 36 heavy (non-hydrogen) atoms. The van der Waals surface area contributed by atoms with Crippen LogP contribution in [0.25, 0.3) is 12.2 Å². The molecule has 186 valence electrons. The van der Waals surface area contributed by atoms with Crippen LogP contribution in [-0.2, 0) is 20.4 Å². The predicted molar refractivity (Wildman–Crippen MR) is 152 cm³/mol. The zero-order chi connectivity index (χ0) is 26.3. The van der Waals surface area contributed by atoms with E-state index in [-0.39, 0.29) is 22.6 Å². The highest BCUT2D eigenvalue weighted by atomic mass is 16.2. The molecule has 3 aromatic rings. The molecule has 0 saturated carbocycles. The van der Waals surface area contributed by atoms with Crippen LogP contribution < -0.4 is 10.6 Å². The first-order chi connectivity index (χ1) is 16.9. The fourth-order valence-electron chi connectivity index (χ4n) is 3.58. The SMILES string of the molecule is CC(C)(C)c1ccc(C=CC(=O)Nc2ccccc2NC(=O)C=Cc2ccc(C(C)(C)C)cc2)cc1. The molecule has 3 rings (SSSR count). The first-order valence-corrected chi connectivity index (χ1v) is 12.2. The van der Waals surface area contributed by atoms with Crippen molar-refractivity contribution in [3.63, 3.8) is 0 Å². The van der Waals surface area contributed by atoms with Gasteiger partial charge in [0.05, 0.1) is 11.4 Å². The number of hydrogen-bond donors (Lipinski definition) is 2. The number of amides is 2. The molecule has 0 aliphatic carbocycles. The topological polar surface area (TPSA) is 58.2 Å². The monoisotopic (exact) mass is 480 g/mol. The third kappa shape index (κ3) is 7.81. The summed E-state index contributed by atoms with van der Waals surface area (Å²) in [7, 11) is 0. The lowest BCUT2D eigenvalue weighted by molar-refractivity contribution is -0.112. The van der Waals surface area contributed by atoms with E-state index in [4.69, 9.17) is 0 Å². The second-order valence-electron chi connectivity index (χ2n) is 10.9. The Kier molecular flexibility index (Phi) is 8.31. The van der Waals surface area contributed by atoms with Crippen LogP contribution in [0.15, 0.2) is 84.9 Å². The van der Waals surface area contributed by atoms with Crippen molar-refractivity contribution in [2.45, 2.75) is 52.4 Å². The van der Waals surface area contributed by atoms with Gasteiger partial charge in [-0.15, -0.1) is 0 Å². The molecular formula is C32H36N2O2. The Bertz CT molecular complexity index is 1150. The molecule has 0 aromatic heterocycles. The molecule has 2 N–H and O–H groups in total. The normalized spacial score (nSPS) is 12.2. The summed E-state index contributed by atoms with van der Waals surface area (Å²) in [6.45, 7) is 13.0. The van der Waals surface area contributed by atoms with Crippen molar-refractivity contribution in [2.75, 3.05) is 10.6 Å². The van der Waals surface area contributed by atoms with Crippen molar-refractivity contribution in [3.05, 3.63) is 107 Å². The van der Waals surface area contributed by atoms with Crippen LogP contribution >= 0.6 is 0 Å². The molecule has 4 heteroatoms. The maximum atomic E-state index is 12.5. The van der Waals surface area contributed by atoms with Gasteiger partial charge in [-0.25, -0.2) is 0 Å². The predicted octanol–water partition coefficient (Wildman–Crippen LogP) is 7.59. The number of carbonyl (C=O) groups is 2. The molecule has 0 bridgehead atoms. The summed E-state index contributed by atoms with van der Waals surface area (Å²) >= 11 is 0. The lowest BCUT2D eigenvalue weighted by atomic mass is 9.87. The molecule has 0 aliphatic heterocycles.